The number of hydrogen-bond donors (Lipinski definition) is 2. The summed E-state index contributed by atoms with van der Waals surface area (Å²) in [4.78, 5) is 13.6. The molecule has 118 valence electrons. The van der Waals surface area contributed by atoms with Crippen LogP contribution in [0.5, 0.6) is 17.2 Å². The maximum absolute atomic E-state index is 11.9. The van der Waals surface area contributed by atoms with Crippen LogP contribution < -0.4 is 14.8 Å². The molecule has 21 heavy (non-hydrogen) atoms. The Morgan fingerprint density at radius 3 is 2.14 bits per heavy atom. The van der Waals surface area contributed by atoms with Gasteiger partial charge in [-0.2, -0.15) is 0 Å². The summed E-state index contributed by atoms with van der Waals surface area (Å²) in [5.41, 5.74) is 0.869. The Kier molecular flexibility index (Phi) is 6.81. The van der Waals surface area contributed by atoms with Gasteiger partial charge in [-0.3, -0.25) is 4.79 Å². The zero-order chi connectivity index (χ0) is 15.8. The first-order valence-electron chi connectivity index (χ1n) is 6.99. The molecule has 0 saturated heterocycles. The van der Waals surface area contributed by atoms with Gasteiger partial charge in [0.25, 0.3) is 0 Å². The molecule has 1 rings (SSSR count). The monoisotopic (exact) mass is 296 g/mol. The first-order valence-corrected chi connectivity index (χ1v) is 6.99. The van der Waals surface area contributed by atoms with Crippen LogP contribution in [0.15, 0.2) is 12.1 Å². The van der Waals surface area contributed by atoms with E-state index in [2.05, 4.69) is 5.32 Å². The van der Waals surface area contributed by atoms with Crippen LogP contribution in [-0.2, 0) is 11.3 Å². The van der Waals surface area contributed by atoms with E-state index < -0.39 is 0 Å². The van der Waals surface area contributed by atoms with Crippen molar-refractivity contribution in [2.75, 3.05) is 33.9 Å². The number of rotatable bonds is 8. The summed E-state index contributed by atoms with van der Waals surface area (Å²) in [6.07, 6.45) is 0. The van der Waals surface area contributed by atoms with Crippen LogP contribution in [0, 0.1) is 0 Å². The molecule has 6 heteroatoms. The van der Waals surface area contributed by atoms with E-state index in [9.17, 15) is 9.90 Å². The fourth-order valence-electron chi connectivity index (χ4n) is 2.05. The lowest BCUT2D eigenvalue weighted by Crippen LogP contribution is -2.37. The lowest BCUT2D eigenvalue weighted by Gasteiger charge is -2.19. The van der Waals surface area contributed by atoms with Crippen molar-refractivity contribution in [3.05, 3.63) is 17.7 Å². The Morgan fingerprint density at radius 1 is 1.19 bits per heavy atom. The van der Waals surface area contributed by atoms with Gasteiger partial charge < -0.3 is 24.8 Å². The summed E-state index contributed by atoms with van der Waals surface area (Å²) in [5, 5.41) is 12.9. The number of phenolic OH excluding ortho intramolecular Hbond substituents is 1. The van der Waals surface area contributed by atoms with Crippen LogP contribution in [0.25, 0.3) is 0 Å². The molecule has 6 nitrogen and oxygen atoms in total. The van der Waals surface area contributed by atoms with Crippen molar-refractivity contribution in [2.24, 2.45) is 0 Å². The third-order valence-corrected chi connectivity index (χ3v) is 3.26. The number of benzene rings is 1. The Balaban J connectivity index is 2.65. The molecule has 0 aliphatic heterocycles. The first-order chi connectivity index (χ1) is 10.1. The molecule has 1 amide bonds. The van der Waals surface area contributed by atoms with Gasteiger partial charge in [-0.1, -0.05) is 0 Å². The third kappa shape index (κ3) is 4.53. The largest absolute Gasteiger partial charge is 0.502 e. The number of methoxy groups -OCH3 is 2. The molecule has 0 atom stereocenters. The lowest BCUT2D eigenvalue weighted by atomic mass is 10.2. The average molecular weight is 296 g/mol. The van der Waals surface area contributed by atoms with Gasteiger partial charge in [0, 0.05) is 19.6 Å². The second-order valence-corrected chi connectivity index (χ2v) is 4.52. The van der Waals surface area contributed by atoms with Gasteiger partial charge in [0.2, 0.25) is 11.7 Å². The Hall–Kier alpha value is -1.95. The van der Waals surface area contributed by atoms with Crippen molar-refractivity contribution >= 4 is 5.91 Å². The van der Waals surface area contributed by atoms with E-state index in [1.54, 1.807) is 17.0 Å². The molecule has 0 aliphatic rings. The third-order valence-electron chi connectivity index (χ3n) is 3.26. The Labute approximate surface area is 125 Å². The topological polar surface area (TPSA) is 71.0 Å². The number of nitrogens with one attached hydrogen (secondary N) is 1. The highest BCUT2D eigenvalue weighted by atomic mass is 16.5. The zero-order valence-electron chi connectivity index (χ0n) is 13.1. The molecule has 1 aromatic rings. The smallest absolute Gasteiger partial charge is 0.236 e. The first kappa shape index (κ1) is 17.1. The van der Waals surface area contributed by atoms with Crippen molar-refractivity contribution in [1.82, 2.24) is 10.2 Å². The second kappa shape index (κ2) is 8.36. The summed E-state index contributed by atoms with van der Waals surface area (Å²) < 4.78 is 10.2. The molecule has 0 radical (unpaired) electrons. The molecule has 0 saturated carbocycles. The minimum Gasteiger partial charge on any atom is -0.502 e. The van der Waals surface area contributed by atoms with Crippen molar-refractivity contribution in [2.45, 2.75) is 20.4 Å². The average Bonchev–Trinajstić information content (AvgIpc) is 2.49. The number of amides is 1. The molecule has 0 bridgehead atoms. The van der Waals surface area contributed by atoms with E-state index in [1.165, 1.54) is 14.2 Å². The van der Waals surface area contributed by atoms with E-state index in [4.69, 9.17) is 9.47 Å². The van der Waals surface area contributed by atoms with Gasteiger partial charge in [-0.15, -0.1) is 0 Å². The highest BCUT2D eigenvalue weighted by Gasteiger charge is 2.12. The van der Waals surface area contributed by atoms with Gasteiger partial charge in [-0.25, -0.2) is 0 Å². The van der Waals surface area contributed by atoms with Crippen molar-refractivity contribution in [3.63, 3.8) is 0 Å². The predicted octanol–water partition coefficient (Wildman–Crippen LogP) is 1.37. The number of nitrogens with zero attached hydrogens (tertiary/aromatic N) is 1. The summed E-state index contributed by atoms with van der Waals surface area (Å²) in [6.45, 7) is 6.08. The Morgan fingerprint density at radius 2 is 1.71 bits per heavy atom. The summed E-state index contributed by atoms with van der Waals surface area (Å²) in [6, 6.07) is 3.43. The Bertz CT molecular complexity index is 448. The zero-order valence-corrected chi connectivity index (χ0v) is 13.1. The molecule has 0 fully saturated rings. The molecule has 0 heterocycles. The van der Waals surface area contributed by atoms with E-state index in [1.807, 2.05) is 13.8 Å². The molecule has 0 aromatic heterocycles. The quantitative estimate of drug-likeness (QED) is 0.758. The number of aromatic hydroxyl groups is 1. The van der Waals surface area contributed by atoms with Gasteiger partial charge in [0.1, 0.15) is 0 Å². The van der Waals surface area contributed by atoms with Crippen molar-refractivity contribution in [1.29, 1.82) is 0 Å². The molecule has 0 aliphatic carbocycles. The fraction of sp³-hybridized carbons (Fsp3) is 0.533. The minimum atomic E-state index is -0.0250. The normalized spacial score (nSPS) is 10.3. The molecule has 0 unspecified atom stereocenters. The molecule has 0 spiro atoms. The highest BCUT2D eigenvalue weighted by molar-refractivity contribution is 5.78. The maximum atomic E-state index is 11.9. The van der Waals surface area contributed by atoms with Gasteiger partial charge in [-0.05, 0) is 31.5 Å². The molecule has 1 aromatic carbocycles. The molecule has 2 N–H and O–H groups in total. The van der Waals surface area contributed by atoms with Gasteiger partial charge >= 0.3 is 0 Å². The highest BCUT2D eigenvalue weighted by Crippen LogP contribution is 2.36. The second-order valence-electron chi connectivity index (χ2n) is 4.52. The molecular formula is C15H24N2O4. The van der Waals surface area contributed by atoms with E-state index in [0.29, 0.717) is 31.1 Å². The number of likely N-dealkylation sites (N-methyl/N-ethyl adjacent to an activating group) is 1. The van der Waals surface area contributed by atoms with Crippen LogP contribution in [-0.4, -0.2) is 49.8 Å². The fourth-order valence-corrected chi connectivity index (χ4v) is 2.05. The van der Waals surface area contributed by atoms with Crippen LogP contribution in [0.1, 0.15) is 19.4 Å². The summed E-state index contributed by atoms with van der Waals surface area (Å²) in [5.74, 6) is 0.739. The standard InChI is InChI=1S/C15H24N2O4/c1-5-17(6-2)14(18)10-16-9-11-7-12(20-3)15(19)13(8-11)21-4/h7-8,16,19H,5-6,9-10H2,1-4H3. The maximum Gasteiger partial charge on any atom is 0.236 e. The number of carbonyl (C=O) groups excluding carboxylic acids is 1. The summed E-state index contributed by atoms with van der Waals surface area (Å²) >= 11 is 0. The van der Waals surface area contributed by atoms with Crippen molar-refractivity contribution < 1.29 is 19.4 Å². The minimum absolute atomic E-state index is 0.0250. The van der Waals surface area contributed by atoms with Gasteiger partial charge in [0.05, 0.1) is 20.8 Å². The number of ether oxygens (including phenoxy) is 2. The number of phenols is 1. The lowest BCUT2D eigenvalue weighted by molar-refractivity contribution is -0.129. The van der Waals surface area contributed by atoms with Crippen LogP contribution in [0.3, 0.4) is 0 Å². The van der Waals surface area contributed by atoms with E-state index in [-0.39, 0.29) is 18.2 Å². The predicted molar refractivity (Wildman–Crippen MR) is 80.8 cm³/mol. The van der Waals surface area contributed by atoms with E-state index >= 15 is 0 Å². The van der Waals surface area contributed by atoms with Crippen molar-refractivity contribution in [3.8, 4) is 17.2 Å². The summed E-state index contributed by atoms with van der Waals surface area (Å²) in [7, 11) is 2.96. The van der Waals surface area contributed by atoms with Crippen LogP contribution in [0.2, 0.25) is 0 Å². The SMILES string of the molecule is CCN(CC)C(=O)CNCc1cc(OC)c(O)c(OC)c1. The van der Waals surface area contributed by atoms with E-state index in [0.717, 1.165) is 5.56 Å². The van der Waals surface area contributed by atoms with Crippen LogP contribution in [0.4, 0.5) is 0 Å². The molecular weight excluding hydrogens is 272 g/mol. The number of hydrogen-bond acceptors (Lipinski definition) is 5. The number of carbonyl (C=O) groups is 1. The van der Waals surface area contributed by atoms with Gasteiger partial charge in [0.15, 0.2) is 11.5 Å². The van der Waals surface area contributed by atoms with Crippen LogP contribution >= 0.6 is 0 Å².